The number of rotatable bonds is 11. The van der Waals surface area contributed by atoms with E-state index >= 15 is 0 Å². The van der Waals surface area contributed by atoms with E-state index in [9.17, 15) is 18.0 Å². The predicted octanol–water partition coefficient (Wildman–Crippen LogP) is 3.40. The minimum atomic E-state index is -3.75. The fourth-order valence-electron chi connectivity index (χ4n) is 3.84. The molecule has 0 saturated heterocycles. The van der Waals surface area contributed by atoms with E-state index in [4.69, 9.17) is 0 Å². The Morgan fingerprint density at radius 2 is 1.58 bits per heavy atom. The van der Waals surface area contributed by atoms with Crippen LogP contribution in [0, 0.1) is 13.8 Å². The van der Waals surface area contributed by atoms with Crippen molar-refractivity contribution in [1.82, 2.24) is 10.2 Å². The molecule has 2 aromatic rings. The maximum atomic E-state index is 13.6. The molecule has 1 atom stereocenters. The van der Waals surface area contributed by atoms with E-state index in [-0.39, 0.29) is 19.0 Å². The van der Waals surface area contributed by atoms with Gasteiger partial charge in [-0.05, 0) is 43.4 Å². The van der Waals surface area contributed by atoms with Crippen LogP contribution in [0.5, 0.6) is 0 Å². The molecular formula is C25H35N3O4S. The van der Waals surface area contributed by atoms with Gasteiger partial charge in [0.25, 0.3) is 0 Å². The van der Waals surface area contributed by atoms with Crippen LogP contribution in [0.15, 0.2) is 48.5 Å². The number of nitrogens with one attached hydrogen (secondary N) is 1. The smallest absolute Gasteiger partial charge is 0.244 e. The van der Waals surface area contributed by atoms with Gasteiger partial charge in [0.2, 0.25) is 21.8 Å². The number of para-hydroxylation sites is 1. The van der Waals surface area contributed by atoms with Gasteiger partial charge < -0.3 is 10.2 Å². The van der Waals surface area contributed by atoms with E-state index in [1.165, 1.54) is 4.90 Å². The summed E-state index contributed by atoms with van der Waals surface area (Å²) in [6, 6.07) is 14.2. The summed E-state index contributed by atoms with van der Waals surface area (Å²) >= 11 is 0. The second-order valence-corrected chi connectivity index (χ2v) is 10.1. The van der Waals surface area contributed by atoms with Gasteiger partial charge in [0.1, 0.15) is 12.6 Å². The summed E-state index contributed by atoms with van der Waals surface area (Å²) < 4.78 is 26.6. The van der Waals surface area contributed by atoms with Gasteiger partial charge in [0.05, 0.1) is 11.9 Å². The van der Waals surface area contributed by atoms with Crippen molar-refractivity contribution in [3.8, 4) is 0 Å². The van der Waals surface area contributed by atoms with Crippen LogP contribution in [-0.2, 0) is 26.2 Å². The van der Waals surface area contributed by atoms with Crippen LogP contribution in [-0.4, -0.2) is 50.5 Å². The number of nitrogens with zero attached hydrogens (tertiary/aromatic N) is 2. The molecule has 180 valence electrons. The first-order valence-corrected chi connectivity index (χ1v) is 13.1. The molecule has 2 rings (SSSR count). The van der Waals surface area contributed by atoms with Gasteiger partial charge in [-0.25, -0.2) is 8.42 Å². The number of anilines is 1. The van der Waals surface area contributed by atoms with E-state index < -0.39 is 22.0 Å². The lowest BCUT2D eigenvalue weighted by atomic mass is 10.1. The summed E-state index contributed by atoms with van der Waals surface area (Å²) in [6.45, 7) is 7.79. The van der Waals surface area contributed by atoms with Gasteiger partial charge in [-0.1, -0.05) is 62.4 Å². The first-order chi connectivity index (χ1) is 15.6. The van der Waals surface area contributed by atoms with Gasteiger partial charge in [0, 0.05) is 13.1 Å². The van der Waals surface area contributed by atoms with Crippen LogP contribution < -0.4 is 9.62 Å². The molecule has 8 heteroatoms. The predicted molar refractivity (Wildman–Crippen MR) is 132 cm³/mol. The van der Waals surface area contributed by atoms with Gasteiger partial charge in [-0.3, -0.25) is 13.9 Å². The number of hydrogen-bond acceptors (Lipinski definition) is 4. The molecule has 0 fully saturated rings. The molecule has 0 aliphatic rings. The van der Waals surface area contributed by atoms with Crippen LogP contribution in [0.1, 0.15) is 43.4 Å². The zero-order chi connectivity index (χ0) is 24.6. The van der Waals surface area contributed by atoms with Crippen LogP contribution >= 0.6 is 0 Å². The highest BCUT2D eigenvalue weighted by Crippen LogP contribution is 2.27. The maximum absolute atomic E-state index is 13.6. The monoisotopic (exact) mass is 473 g/mol. The van der Waals surface area contributed by atoms with E-state index in [0.717, 1.165) is 33.7 Å². The summed E-state index contributed by atoms with van der Waals surface area (Å²) in [6.07, 6.45) is 2.29. The van der Waals surface area contributed by atoms with Gasteiger partial charge >= 0.3 is 0 Å². The third-order valence-electron chi connectivity index (χ3n) is 5.50. The summed E-state index contributed by atoms with van der Waals surface area (Å²) in [5, 5.41) is 2.87. The van der Waals surface area contributed by atoms with Gasteiger partial charge in [-0.2, -0.15) is 0 Å². The van der Waals surface area contributed by atoms with Crippen molar-refractivity contribution < 1.29 is 18.0 Å². The topological polar surface area (TPSA) is 86.8 Å². The SMILES string of the molecule is CCCNC(=O)C(CC)N(Cc1ccccc1)C(=O)CN(c1c(C)cccc1C)S(C)(=O)=O. The summed E-state index contributed by atoms with van der Waals surface area (Å²) in [7, 11) is -3.75. The second kappa shape index (κ2) is 11.8. The van der Waals surface area contributed by atoms with Crippen LogP contribution in [0.2, 0.25) is 0 Å². The highest BCUT2D eigenvalue weighted by Gasteiger charge is 2.32. The lowest BCUT2D eigenvalue weighted by molar-refractivity contribution is -0.140. The number of carbonyl (C=O) groups excluding carboxylic acids is 2. The minimum absolute atomic E-state index is 0.210. The Kier molecular flexibility index (Phi) is 9.46. The molecule has 0 aliphatic heterocycles. The first kappa shape index (κ1) is 26.4. The number of sulfonamides is 1. The molecule has 2 aromatic carbocycles. The molecule has 1 N–H and O–H groups in total. The minimum Gasteiger partial charge on any atom is -0.354 e. The van der Waals surface area contributed by atoms with Gasteiger partial charge in [0.15, 0.2) is 0 Å². The number of amides is 2. The lowest BCUT2D eigenvalue weighted by Gasteiger charge is -2.33. The summed E-state index contributed by atoms with van der Waals surface area (Å²) in [5.74, 6) is -0.660. The Labute approximate surface area is 197 Å². The standard InChI is InChI=1S/C25H35N3O4S/c1-6-16-26-25(30)22(7-2)27(17-21-14-9-8-10-15-21)23(29)18-28(33(5,31)32)24-19(3)12-11-13-20(24)4/h8-15,22H,6-7,16-18H2,1-5H3,(H,26,30). The fraction of sp³-hybridized carbons (Fsp3) is 0.440. The molecule has 33 heavy (non-hydrogen) atoms. The third kappa shape index (κ3) is 7.05. The average molecular weight is 474 g/mol. The molecule has 7 nitrogen and oxygen atoms in total. The fourth-order valence-corrected chi connectivity index (χ4v) is 4.81. The molecule has 0 heterocycles. The van der Waals surface area contributed by atoms with E-state index in [1.54, 1.807) is 0 Å². The first-order valence-electron chi connectivity index (χ1n) is 11.2. The molecule has 2 amide bonds. The number of aryl methyl sites for hydroxylation is 2. The van der Waals surface area contributed by atoms with E-state index in [2.05, 4.69) is 5.32 Å². The molecular weight excluding hydrogens is 438 g/mol. The van der Waals surface area contributed by atoms with Crippen molar-refractivity contribution in [2.24, 2.45) is 0 Å². The van der Waals surface area contributed by atoms with Crippen LogP contribution in [0.4, 0.5) is 5.69 Å². The van der Waals surface area contributed by atoms with Crippen molar-refractivity contribution in [3.63, 3.8) is 0 Å². The summed E-state index contributed by atoms with van der Waals surface area (Å²) in [5.41, 5.74) is 2.88. The molecule has 0 aromatic heterocycles. The normalized spacial score (nSPS) is 12.2. The molecule has 0 spiro atoms. The Morgan fingerprint density at radius 3 is 2.09 bits per heavy atom. The second-order valence-electron chi connectivity index (χ2n) is 8.23. The van der Waals surface area contributed by atoms with Gasteiger partial charge in [-0.15, -0.1) is 0 Å². The Bertz CT molecular complexity index is 1030. The largest absolute Gasteiger partial charge is 0.354 e. The highest BCUT2D eigenvalue weighted by atomic mass is 32.2. The lowest BCUT2D eigenvalue weighted by Crippen LogP contribution is -2.52. The van der Waals surface area contributed by atoms with Crippen molar-refractivity contribution in [2.75, 3.05) is 23.7 Å². The van der Waals surface area contributed by atoms with Crippen molar-refractivity contribution >= 4 is 27.5 Å². The van der Waals surface area contributed by atoms with Crippen molar-refractivity contribution in [3.05, 3.63) is 65.2 Å². The number of benzene rings is 2. The Balaban J connectivity index is 2.45. The van der Waals surface area contributed by atoms with Crippen molar-refractivity contribution in [1.29, 1.82) is 0 Å². The number of hydrogen-bond donors (Lipinski definition) is 1. The third-order valence-corrected chi connectivity index (χ3v) is 6.61. The van der Waals surface area contributed by atoms with E-state index in [1.807, 2.05) is 76.2 Å². The summed E-state index contributed by atoms with van der Waals surface area (Å²) in [4.78, 5) is 28.0. The zero-order valence-electron chi connectivity index (χ0n) is 20.2. The molecule has 0 saturated carbocycles. The quantitative estimate of drug-likeness (QED) is 0.542. The van der Waals surface area contributed by atoms with Crippen LogP contribution in [0.3, 0.4) is 0 Å². The highest BCUT2D eigenvalue weighted by molar-refractivity contribution is 7.92. The van der Waals surface area contributed by atoms with Crippen LogP contribution in [0.25, 0.3) is 0 Å². The zero-order valence-corrected chi connectivity index (χ0v) is 21.0. The van der Waals surface area contributed by atoms with E-state index in [0.29, 0.717) is 18.7 Å². The Hall–Kier alpha value is -2.87. The Morgan fingerprint density at radius 1 is 0.970 bits per heavy atom. The molecule has 1 unspecified atom stereocenters. The molecule has 0 aliphatic carbocycles. The molecule has 0 bridgehead atoms. The average Bonchev–Trinajstić information content (AvgIpc) is 2.76. The maximum Gasteiger partial charge on any atom is 0.244 e. The van der Waals surface area contributed by atoms with Crippen molar-refractivity contribution in [2.45, 2.75) is 53.1 Å². The number of carbonyl (C=O) groups is 2. The molecule has 0 radical (unpaired) electrons.